The number of hydrogen-bond donors (Lipinski definition) is 0. The number of halogens is 4. The van der Waals surface area contributed by atoms with Gasteiger partial charge in [-0.2, -0.15) is 0 Å². The average Bonchev–Trinajstić information content (AvgIpc) is 2.74. The molecular formula is C20H60BF4N13P4. The Morgan fingerprint density at radius 1 is 0.429 bits per heavy atom. The molecule has 0 aliphatic carbocycles. The van der Waals surface area contributed by atoms with Crippen LogP contribution in [0.5, 0.6) is 0 Å². The number of nitrogens with zero attached hydrogens (tertiary/aromatic N) is 13. The molecule has 0 unspecified atom stereocenters. The van der Waals surface area contributed by atoms with Gasteiger partial charge in [0.2, 0.25) is 22.5 Å². The van der Waals surface area contributed by atoms with E-state index in [1.54, 1.807) is 0 Å². The van der Waals surface area contributed by atoms with Crippen molar-refractivity contribution >= 4 is 38.1 Å². The summed E-state index contributed by atoms with van der Waals surface area (Å²) in [5.41, 5.74) is 0. The first kappa shape index (κ1) is 44.6. The summed E-state index contributed by atoms with van der Waals surface area (Å²) in [6.45, 7) is 0.771. The van der Waals surface area contributed by atoms with Crippen LogP contribution in [0.2, 0.25) is 0 Å². The molecule has 42 heavy (non-hydrogen) atoms. The van der Waals surface area contributed by atoms with Crippen LogP contribution in [0.1, 0.15) is 0 Å². The predicted molar refractivity (Wildman–Crippen MR) is 182 cm³/mol. The Morgan fingerprint density at radius 2 is 0.619 bits per heavy atom. The van der Waals surface area contributed by atoms with Crippen molar-refractivity contribution in [3.8, 4) is 0 Å². The quantitative estimate of drug-likeness (QED) is 0.107. The van der Waals surface area contributed by atoms with Crippen LogP contribution in [0.15, 0.2) is 13.5 Å². The van der Waals surface area contributed by atoms with Gasteiger partial charge in [0.15, 0.2) is 0 Å². The van der Waals surface area contributed by atoms with Gasteiger partial charge in [0, 0.05) is 0 Å². The minimum atomic E-state index is -6.00. The molecular weight excluding hydrogens is 633 g/mol. The van der Waals surface area contributed by atoms with Crippen LogP contribution >= 0.6 is 30.9 Å². The highest BCUT2D eigenvalue weighted by Gasteiger charge is 2.42. The molecule has 0 bridgehead atoms. The predicted octanol–water partition coefficient (Wildman–Crippen LogP) is 5.03. The van der Waals surface area contributed by atoms with Crippen LogP contribution in [0, 0.1) is 0 Å². The summed E-state index contributed by atoms with van der Waals surface area (Å²) in [5, 5.41) is 0. The fourth-order valence-corrected chi connectivity index (χ4v) is 22.2. The summed E-state index contributed by atoms with van der Waals surface area (Å²) in [4.78, 5) is 2.19. The van der Waals surface area contributed by atoms with Crippen molar-refractivity contribution in [3.63, 3.8) is 0 Å². The minimum Gasteiger partial charge on any atom is -0.418 e. The van der Waals surface area contributed by atoms with Gasteiger partial charge in [0.1, 0.15) is 0 Å². The van der Waals surface area contributed by atoms with E-state index in [0.29, 0.717) is 0 Å². The second-order valence-electron chi connectivity index (χ2n) is 11.4. The van der Waals surface area contributed by atoms with Gasteiger partial charge in [-0.05, 0) is 134 Å². The highest BCUT2D eigenvalue weighted by molar-refractivity contribution is 7.76. The Bertz CT molecular complexity index is 855. The van der Waals surface area contributed by atoms with Crippen LogP contribution < -0.4 is 0 Å². The van der Waals surface area contributed by atoms with E-state index in [1.807, 2.05) is 0 Å². The molecule has 0 spiro atoms. The molecule has 0 rings (SSSR count). The van der Waals surface area contributed by atoms with Crippen LogP contribution in [-0.2, 0) is 0 Å². The molecule has 0 aromatic rings. The maximum atomic E-state index is 9.75. The maximum absolute atomic E-state index is 9.75. The van der Waals surface area contributed by atoms with Crippen molar-refractivity contribution in [3.05, 3.63) is 0 Å². The zero-order valence-corrected chi connectivity index (χ0v) is 33.1. The molecule has 13 nitrogen and oxygen atoms in total. The molecule has 0 N–H and O–H groups in total. The van der Waals surface area contributed by atoms with E-state index in [0.717, 1.165) is 6.67 Å². The van der Waals surface area contributed by atoms with Gasteiger partial charge in [0.05, 0.1) is 6.67 Å². The molecule has 0 heterocycles. The van der Waals surface area contributed by atoms with Gasteiger partial charge in [-0.1, -0.05) is 13.5 Å². The first-order valence-electron chi connectivity index (χ1n) is 13.1. The van der Waals surface area contributed by atoms with Gasteiger partial charge in [-0.25, -0.2) is 42.0 Å². The standard InChI is InChI=1S/C20H59N13P4.BF4/c1-24(2)20-33(19)37(31(15)16,32(17)18)23-34(21-35(25(3)4,26(5)6)27(7)8)22-36(28(9)10,29(11)12)30(13)14;2-1(3,4)5/h20H2,1-19H3;/q;-1/p+1. The summed E-state index contributed by atoms with van der Waals surface area (Å²) >= 11 is 0. The summed E-state index contributed by atoms with van der Waals surface area (Å²) < 4.78 is 76.5. The van der Waals surface area contributed by atoms with Crippen LogP contribution in [0.25, 0.3) is 0 Å². The molecule has 0 saturated carbocycles. The van der Waals surface area contributed by atoms with Crippen LogP contribution in [0.4, 0.5) is 17.3 Å². The Hall–Kier alpha value is 0.505. The third-order valence-electron chi connectivity index (χ3n) is 5.91. The second-order valence-corrected chi connectivity index (χ2v) is 24.7. The van der Waals surface area contributed by atoms with E-state index in [1.165, 1.54) is 0 Å². The normalized spacial score (nSPS) is 14.1. The van der Waals surface area contributed by atoms with Crippen molar-refractivity contribution in [2.75, 3.05) is 141 Å². The van der Waals surface area contributed by atoms with Crippen LogP contribution in [0.3, 0.4) is 0 Å². The summed E-state index contributed by atoms with van der Waals surface area (Å²) in [7, 11) is 25.4. The van der Waals surface area contributed by atoms with E-state index >= 15 is 0 Å². The molecule has 0 amide bonds. The lowest BCUT2D eigenvalue weighted by Gasteiger charge is -2.43. The van der Waals surface area contributed by atoms with E-state index in [2.05, 4.69) is 181 Å². The third-order valence-corrected chi connectivity index (χ3v) is 20.9. The topological polar surface area (TPSA) is 69.5 Å². The zero-order valence-electron chi connectivity index (χ0n) is 29.5. The first-order chi connectivity index (χ1) is 18.7. The van der Waals surface area contributed by atoms with Crippen molar-refractivity contribution in [1.29, 1.82) is 0 Å². The molecule has 0 fully saturated rings. The second kappa shape index (κ2) is 18.0. The Morgan fingerprint density at radius 3 is 0.786 bits per heavy atom. The lowest BCUT2D eigenvalue weighted by molar-refractivity contribution is 0.283. The molecule has 22 heteroatoms. The molecule has 0 aromatic heterocycles. The first-order valence-corrected chi connectivity index (χ1v) is 19.2. The van der Waals surface area contributed by atoms with Gasteiger partial charge >= 0.3 is 15.6 Å². The van der Waals surface area contributed by atoms with Crippen molar-refractivity contribution < 1.29 is 17.3 Å². The summed E-state index contributed by atoms with van der Waals surface area (Å²) in [5.74, 6) is 0. The molecule has 256 valence electrons. The van der Waals surface area contributed by atoms with Crippen molar-refractivity contribution in [2.45, 2.75) is 0 Å². The lowest BCUT2D eigenvalue weighted by atomic mass is 10.3. The summed E-state index contributed by atoms with van der Waals surface area (Å²) in [6, 6.07) is 0. The highest BCUT2D eigenvalue weighted by atomic mass is 31.2. The molecule has 0 atom stereocenters. The van der Waals surface area contributed by atoms with E-state index in [9.17, 15) is 17.3 Å². The fourth-order valence-electron chi connectivity index (χ4n) is 4.82. The Balaban J connectivity index is 0. The van der Waals surface area contributed by atoms with Gasteiger partial charge in [-0.3, -0.25) is 4.90 Å². The van der Waals surface area contributed by atoms with Gasteiger partial charge in [-0.15, -0.1) is 0 Å². The molecule has 0 aliphatic heterocycles. The van der Waals surface area contributed by atoms with Crippen molar-refractivity contribution in [2.24, 2.45) is 13.5 Å². The minimum absolute atomic E-state index is 0.771. The molecule has 0 aliphatic rings. The Kier molecular flexibility index (Phi) is 19.1. The third kappa shape index (κ3) is 11.7. The van der Waals surface area contributed by atoms with Crippen LogP contribution in [-0.4, -0.2) is 195 Å². The molecule has 0 aromatic carbocycles. The zero-order chi connectivity index (χ0) is 34.2. The monoisotopic (exact) mass is 693 g/mol. The smallest absolute Gasteiger partial charge is 0.418 e. The fraction of sp³-hybridized carbons (Fsp3) is 1.00. The number of rotatable bonds is 14. The molecule has 0 saturated heterocycles. The highest BCUT2D eigenvalue weighted by Crippen LogP contribution is 2.72. The number of hydrogen-bond acceptors (Lipinski definition) is 4. The average molecular weight is 693 g/mol. The van der Waals surface area contributed by atoms with Gasteiger partial charge < -0.3 is 17.3 Å². The Labute approximate surface area is 256 Å². The maximum Gasteiger partial charge on any atom is 0.673 e. The van der Waals surface area contributed by atoms with E-state index in [-0.39, 0.29) is 0 Å². The van der Waals surface area contributed by atoms with E-state index < -0.39 is 38.1 Å². The van der Waals surface area contributed by atoms with E-state index in [4.69, 9.17) is 13.5 Å². The van der Waals surface area contributed by atoms with Crippen molar-refractivity contribution in [1.82, 2.24) is 46.9 Å². The largest absolute Gasteiger partial charge is 0.673 e. The molecule has 0 radical (unpaired) electrons. The summed E-state index contributed by atoms with van der Waals surface area (Å²) in [6.07, 6.45) is 0. The SMILES string of the molecule is CN(C)CN(C)P(=N[PH+](N=P(N(C)C)(N(C)C)N(C)C)N=P(N(C)C)(N(C)C)N(C)C)(N(C)C)N(C)C.F[B-](F)(F)F. The van der Waals surface area contributed by atoms with Gasteiger partial charge in [0.25, 0.3) is 0 Å². The lowest BCUT2D eigenvalue weighted by Crippen LogP contribution is -2.37.